The van der Waals surface area contributed by atoms with Crippen LogP contribution in [0.1, 0.15) is 18.2 Å². The lowest BCUT2D eigenvalue weighted by Crippen LogP contribution is -2.46. The Morgan fingerprint density at radius 2 is 1.96 bits per heavy atom. The summed E-state index contributed by atoms with van der Waals surface area (Å²) in [4.78, 5) is 17.1. The molecular formula is C19H23N5. The summed E-state index contributed by atoms with van der Waals surface area (Å²) in [6.07, 6.45) is 4.58. The smallest absolute Gasteiger partial charge is 0.135 e. The zero-order valence-electron chi connectivity index (χ0n) is 14.1. The molecule has 1 N–H and O–H groups in total. The highest BCUT2D eigenvalue weighted by Gasteiger charge is 2.20. The molecule has 5 heteroatoms. The summed E-state index contributed by atoms with van der Waals surface area (Å²) in [5.41, 5.74) is 3.75. The average Bonchev–Trinajstić information content (AvgIpc) is 3.04. The Morgan fingerprint density at radius 1 is 1.12 bits per heavy atom. The highest BCUT2D eigenvalue weighted by atomic mass is 15.3. The number of para-hydroxylation sites is 1. The number of aryl methyl sites for hydroxylation is 1. The Hall–Kier alpha value is -2.40. The fourth-order valence-corrected chi connectivity index (χ4v) is 3.46. The van der Waals surface area contributed by atoms with Crippen molar-refractivity contribution in [2.75, 3.05) is 31.1 Å². The van der Waals surface area contributed by atoms with Gasteiger partial charge < -0.3 is 9.88 Å². The summed E-state index contributed by atoms with van der Waals surface area (Å²) in [6, 6.07) is 10.7. The number of aromatic amines is 1. The maximum Gasteiger partial charge on any atom is 0.135 e. The van der Waals surface area contributed by atoms with Gasteiger partial charge in [-0.25, -0.2) is 9.97 Å². The summed E-state index contributed by atoms with van der Waals surface area (Å²) >= 11 is 0. The Kier molecular flexibility index (Phi) is 4.17. The summed E-state index contributed by atoms with van der Waals surface area (Å²) < 4.78 is 0. The SMILES string of the molecule is CCc1cncnc1N1CCN(Cc2cc3ccccc3[nH]2)CC1. The topological polar surface area (TPSA) is 48.1 Å². The zero-order valence-corrected chi connectivity index (χ0v) is 14.1. The van der Waals surface area contributed by atoms with Gasteiger partial charge in [-0.2, -0.15) is 0 Å². The van der Waals surface area contributed by atoms with Gasteiger partial charge in [-0.3, -0.25) is 4.90 Å². The van der Waals surface area contributed by atoms with Gasteiger partial charge in [0.15, 0.2) is 0 Å². The maximum absolute atomic E-state index is 4.50. The van der Waals surface area contributed by atoms with Gasteiger partial charge >= 0.3 is 0 Å². The third-order valence-corrected chi connectivity index (χ3v) is 4.80. The first-order valence-corrected chi connectivity index (χ1v) is 8.66. The molecule has 0 unspecified atom stereocenters. The van der Waals surface area contributed by atoms with Crippen molar-refractivity contribution in [3.63, 3.8) is 0 Å². The number of benzene rings is 1. The number of rotatable bonds is 4. The molecule has 0 atom stereocenters. The Morgan fingerprint density at radius 3 is 2.75 bits per heavy atom. The van der Waals surface area contributed by atoms with Gasteiger partial charge in [0.25, 0.3) is 0 Å². The van der Waals surface area contributed by atoms with Crippen LogP contribution in [0.5, 0.6) is 0 Å². The molecule has 0 amide bonds. The normalized spacial score (nSPS) is 16.0. The minimum atomic E-state index is 0.978. The van der Waals surface area contributed by atoms with Crippen LogP contribution < -0.4 is 4.90 Å². The largest absolute Gasteiger partial charge is 0.357 e. The number of fused-ring (bicyclic) bond motifs is 1. The second-order valence-electron chi connectivity index (χ2n) is 6.37. The van der Waals surface area contributed by atoms with Crippen LogP contribution in [0.25, 0.3) is 10.9 Å². The monoisotopic (exact) mass is 321 g/mol. The highest BCUT2D eigenvalue weighted by molar-refractivity contribution is 5.80. The molecule has 0 saturated carbocycles. The van der Waals surface area contributed by atoms with Crippen LogP contribution in [0.2, 0.25) is 0 Å². The molecule has 3 aromatic rings. The molecule has 1 aromatic carbocycles. The first-order chi connectivity index (χ1) is 11.8. The van der Waals surface area contributed by atoms with Crippen LogP contribution >= 0.6 is 0 Å². The van der Waals surface area contributed by atoms with Crippen LogP contribution in [0.4, 0.5) is 5.82 Å². The first-order valence-electron chi connectivity index (χ1n) is 8.66. The number of hydrogen-bond acceptors (Lipinski definition) is 4. The van der Waals surface area contributed by atoms with Crippen molar-refractivity contribution in [3.8, 4) is 0 Å². The van der Waals surface area contributed by atoms with E-state index in [-0.39, 0.29) is 0 Å². The molecule has 0 bridgehead atoms. The van der Waals surface area contributed by atoms with E-state index in [1.54, 1.807) is 6.33 Å². The van der Waals surface area contributed by atoms with Crippen molar-refractivity contribution >= 4 is 16.7 Å². The number of hydrogen-bond donors (Lipinski definition) is 1. The van der Waals surface area contributed by atoms with E-state index in [9.17, 15) is 0 Å². The summed E-state index contributed by atoms with van der Waals surface area (Å²) in [6.45, 7) is 7.29. The number of aromatic nitrogens is 3. The predicted octanol–water partition coefficient (Wildman–Crippen LogP) is 2.84. The number of anilines is 1. The van der Waals surface area contributed by atoms with Gasteiger partial charge in [0.1, 0.15) is 12.1 Å². The molecule has 5 nitrogen and oxygen atoms in total. The quantitative estimate of drug-likeness (QED) is 0.803. The minimum absolute atomic E-state index is 0.978. The second kappa shape index (κ2) is 6.61. The molecule has 124 valence electrons. The van der Waals surface area contributed by atoms with E-state index in [0.717, 1.165) is 45.0 Å². The molecule has 0 radical (unpaired) electrons. The van der Waals surface area contributed by atoms with Gasteiger partial charge in [0.05, 0.1) is 0 Å². The minimum Gasteiger partial charge on any atom is -0.357 e. The van der Waals surface area contributed by atoms with Crippen molar-refractivity contribution in [3.05, 3.63) is 54.1 Å². The van der Waals surface area contributed by atoms with Crippen molar-refractivity contribution in [2.45, 2.75) is 19.9 Å². The molecule has 1 fully saturated rings. The molecular weight excluding hydrogens is 298 g/mol. The molecule has 1 aliphatic rings. The zero-order chi connectivity index (χ0) is 16.4. The lowest BCUT2D eigenvalue weighted by atomic mass is 10.2. The number of nitrogens with one attached hydrogen (secondary N) is 1. The Bertz CT molecular complexity index is 784. The van der Waals surface area contributed by atoms with E-state index in [0.29, 0.717) is 0 Å². The van der Waals surface area contributed by atoms with Crippen LogP contribution in [-0.2, 0) is 13.0 Å². The molecule has 1 aliphatic heterocycles. The van der Waals surface area contributed by atoms with Crippen molar-refractivity contribution in [2.24, 2.45) is 0 Å². The van der Waals surface area contributed by atoms with E-state index in [1.165, 1.54) is 22.2 Å². The van der Waals surface area contributed by atoms with E-state index >= 15 is 0 Å². The van der Waals surface area contributed by atoms with Crippen LogP contribution in [0.3, 0.4) is 0 Å². The van der Waals surface area contributed by atoms with Gasteiger partial charge in [-0.05, 0) is 23.9 Å². The van der Waals surface area contributed by atoms with Gasteiger partial charge in [-0.1, -0.05) is 25.1 Å². The van der Waals surface area contributed by atoms with Crippen molar-refractivity contribution in [1.82, 2.24) is 19.9 Å². The number of piperazine rings is 1. The fourth-order valence-electron chi connectivity index (χ4n) is 3.46. The van der Waals surface area contributed by atoms with Crippen LogP contribution in [0.15, 0.2) is 42.9 Å². The third-order valence-electron chi connectivity index (χ3n) is 4.80. The molecule has 0 spiro atoms. The average molecular weight is 321 g/mol. The van der Waals surface area contributed by atoms with E-state index in [1.807, 2.05) is 6.20 Å². The summed E-state index contributed by atoms with van der Waals surface area (Å²) in [5.74, 6) is 1.11. The fraction of sp³-hybridized carbons (Fsp3) is 0.368. The van der Waals surface area contributed by atoms with E-state index < -0.39 is 0 Å². The second-order valence-corrected chi connectivity index (χ2v) is 6.37. The van der Waals surface area contributed by atoms with E-state index in [2.05, 4.69) is 62.0 Å². The molecule has 3 heterocycles. The first kappa shape index (κ1) is 15.1. The lowest BCUT2D eigenvalue weighted by Gasteiger charge is -2.35. The third kappa shape index (κ3) is 2.99. The van der Waals surface area contributed by atoms with Crippen LogP contribution in [0, 0.1) is 0 Å². The predicted molar refractivity (Wildman–Crippen MR) is 97.2 cm³/mol. The standard InChI is InChI=1S/C19H23N5/c1-2-15-12-20-14-21-19(15)24-9-7-23(8-10-24)13-17-11-16-5-3-4-6-18(16)22-17/h3-6,11-12,14,22H,2,7-10,13H2,1H3. The maximum atomic E-state index is 4.50. The molecule has 1 saturated heterocycles. The number of H-pyrrole nitrogens is 1. The Balaban J connectivity index is 1.41. The van der Waals surface area contributed by atoms with E-state index in [4.69, 9.17) is 0 Å². The van der Waals surface area contributed by atoms with Gasteiger partial charge in [0, 0.05) is 55.7 Å². The summed E-state index contributed by atoms with van der Waals surface area (Å²) in [5, 5.41) is 1.29. The number of nitrogens with zero attached hydrogens (tertiary/aromatic N) is 4. The van der Waals surface area contributed by atoms with Gasteiger partial charge in [0.2, 0.25) is 0 Å². The Labute approximate surface area is 142 Å². The van der Waals surface area contributed by atoms with Gasteiger partial charge in [-0.15, -0.1) is 0 Å². The summed E-state index contributed by atoms with van der Waals surface area (Å²) in [7, 11) is 0. The van der Waals surface area contributed by atoms with Crippen LogP contribution in [-0.4, -0.2) is 46.0 Å². The molecule has 24 heavy (non-hydrogen) atoms. The van der Waals surface area contributed by atoms with Crippen molar-refractivity contribution in [1.29, 1.82) is 0 Å². The molecule has 4 rings (SSSR count). The molecule has 0 aliphatic carbocycles. The lowest BCUT2D eigenvalue weighted by molar-refractivity contribution is 0.247. The highest BCUT2D eigenvalue weighted by Crippen LogP contribution is 2.20. The molecule has 2 aromatic heterocycles. The van der Waals surface area contributed by atoms with Crippen molar-refractivity contribution < 1.29 is 0 Å².